The molecule has 1 saturated heterocycles. The van der Waals surface area contributed by atoms with E-state index in [0.29, 0.717) is 5.76 Å². The van der Waals surface area contributed by atoms with E-state index in [1.807, 2.05) is 5.38 Å². The first-order chi connectivity index (χ1) is 10.1. The first kappa shape index (κ1) is 13.3. The van der Waals surface area contributed by atoms with Gasteiger partial charge in [-0.1, -0.05) is 0 Å². The highest BCUT2D eigenvalue weighted by Crippen LogP contribution is 2.18. The molecule has 0 saturated carbocycles. The Bertz CT molecular complexity index is 716. The Labute approximate surface area is 123 Å². The molecule has 1 aliphatic rings. The maximum Gasteiger partial charge on any atom is 0.331 e. The lowest BCUT2D eigenvalue weighted by Gasteiger charge is -2.25. The predicted octanol–water partition coefficient (Wildman–Crippen LogP) is 2.00. The zero-order valence-electron chi connectivity index (χ0n) is 10.7. The standard InChI is InChI=1S/C14H10N2O4S/c17-12-11(6-9-3-5-21-8-9)13(18)16(14(19)15-12)7-10-2-1-4-20-10/h1-6,8H,7H2,(H,15,17,19)/b11-6+. The van der Waals surface area contributed by atoms with Crippen LogP contribution in [0.25, 0.3) is 6.08 Å². The number of nitrogens with zero attached hydrogens (tertiary/aromatic N) is 1. The molecule has 3 heterocycles. The summed E-state index contributed by atoms with van der Waals surface area (Å²) < 4.78 is 5.12. The van der Waals surface area contributed by atoms with Gasteiger partial charge in [0.2, 0.25) is 0 Å². The fourth-order valence-corrected chi connectivity index (χ4v) is 2.54. The number of amides is 4. The lowest BCUT2D eigenvalue weighted by molar-refractivity contribution is -0.130. The number of rotatable bonds is 3. The summed E-state index contributed by atoms with van der Waals surface area (Å²) in [6.07, 6.45) is 2.92. The lowest BCUT2D eigenvalue weighted by atomic mass is 10.1. The highest BCUT2D eigenvalue weighted by molar-refractivity contribution is 7.08. The van der Waals surface area contributed by atoms with E-state index < -0.39 is 17.8 Å². The van der Waals surface area contributed by atoms with Crippen molar-refractivity contribution in [2.45, 2.75) is 6.54 Å². The van der Waals surface area contributed by atoms with Crippen molar-refractivity contribution in [2.24, 2.45) is 0 Å². The van der Waals surface area contributed by atoms with E-state index in [1.54, 1.807) is 23.6 Å². The first-order valence-electron chi connectivity index (χ1n) is 6.08. The fourth-order valence-electron chi connectivity index (χ4n) is 1.92. The average Bonchev–Trinajstić information content (AvgIpc) is 3.13. The molecule has 1 aliphatic heterocycles. The molecule has 2 aromatic heterocycles. The highest BCUT2D eigenvalue weighted by Gasteiger charge is 2.36. The average molecular weight is 302 g/mol. The van der Waals surface area contributed by atoms with Crippen molar-refractivity contribution >= 4 is 35.3 Å². The molecule has 1 fully saturated rings. The molecule has 0 aromatic carbocycles. The third-order valence-corrected chi connectivity index (χ3v) is 3.64. The summed E-state index contributed by atoms with van der Waals surface area (Å²) in [6, 6.07) is 4.35. The van der Waals surface area contributed by atoms with Gasteiger partial charge < -0.3 is 4.42 Å². The number of nitrogens with one attached hydrogen (secondary N) is 1. The van der Waals surface area contributed by atoms with E-state index in [9.17, 15) is 14.4 Å². The summed E-state index contributed by atoms with van der Waals surface area (Å²) in [5.74, 6) is -0.860. The molecule has 0 radical (unpaired) electrons. The molecule has 0 spiro atoms. The van der Waals surface area contributed by atoms with E-state index >= 15 is 0 Å². The van der Waals surface area contributed by atoms with Gasteiger partial charge in [-0.3, -0.25) is 19.8 Å². The number of hydrogen-bond acceptors (Lipinski definition) is 5. The van der Waals surface area contributed by atoms with Crippen molar-refractivity contribution in [3.05, 3.63) is 52.1 Å². The van der Waals surface area contributed by atoms with E-state index in [2.05, 4.69) is 5.32 Å². The Hall–Kier alpha value is -2.67. The molecule has 1 N–H and O–H groups in total. The largest absolute Gasteiger partial charge is 0.467 e. The quantitative estimate of drug-likeness (QED) is 0.694. The second-order valence-corrected chi connectivity index (χ2v) is 5.12. The van der Waals surface area contributed by atoms with E-state index in [-0.39, 0.29) is 12.1 Å². The molecule has 4 amide bonds. The monoisotopic (exact) mass is 302 g/mol. The molecule has 0 aliphatic carbocycles. The van der Waals surface area contributed by atoms with Gasteiger partial charge in [-0.2, -0.15) is 11.3 Å². The van der Waals surface area contributed by atoms with Crippen LogP contribution in [0.3, 0.4) is 0 Å². The summed E-state index contributed by atoms with van der Waals surface area (Å²) in [5.41, 5.74) is 0.672. The zero-order valence-corrected chi connectivity index (χ0v) is 11.6. The van der Waals surface area contributed by atoms with Crippen LogP contribution in [0, 0.1) is 0 Å². The van der Waals surface area contributed by atoms with Crippen LogP contribution < -0.4 is 5.32 Å². The van der Waals surface area contributed by atoms with Crippen LogP contribution in [0.5, 0.6) is 0 Å². The fraction of sp³-hybridized carbons (Fsp3) is 0.0714. The van der Waals surface area contributed by atoms with E-state index in [4.69, 9.17) is 4.42 Å². The van der Waals surface area contributed by atoms with Gasteiger partial charge in [0, 0.05) is 0 Å². The minimum absolute atomic E-state index is 0.0219. The molecule has 0 bridgehead atoms. The van der Waals surface area contributed by atoms with E-state index in [0.717, 1.165) is 10.5 Å². The van der Waals surface area contributed by atoms with Crippen LogP contribution in [0.1, 0.15) is 11.3 Å². The van der Waals surface area contributed by atoms with Gasteiger partial charge in [0.15, 0.2) is 0 Å². The lowest BCUT2D eigenvalue weighted by Crippen LogP contribution is -2.53. The summed E-state index contributed by atoms with van der Waals surface area (Å²) in [6.45, 7) is -0.0219. The molecule has 7 heteroatoms. The maximum absolute atomic E-state index is 12.3. The minimum Gasteiger partial charge on any atom is -0.467 e. The summed E-state index contributed by atoms with van der Waals surface area (Å²) in [7, 11) is 0. The molecule has 21 heavy (non-hydrogen) atoms. The van der Waals surface area contributed by atoms with Crippen LogP contribution in [-0.4, -0.2) is 22.7 Å². The Kier molecular flexibility index (Phi) is 3.41. The Balaban J connectivity index is 1.90. The van der Waals surface area contributed by atoms with E-state index in [1.165, 1.54) is 23.7 Å². The van der Waals surface area contributed by atoms with Gasteiger partial charge in [-0.05, 0) is 40.6 Å². The van der Waals surface area contributed by atoms with Crippen LogP contribution in [0.2, 0.25) is 0 Å². The van der Waals surface area contributed by atoms with Crippen molar-refractivity contribution in [3.63, 3.8) is 0 Å². The topological polar surface area (TPSA) is 79.6 Å². The normalized spacial score (nSPS) is 17.4. The Morgan fingerprint density at radius 3 is 2.81 bits per heavy atom. The molecule has 106 valence electrons. The van der Waals surface area contributed by atoms with Crippen LogP contribution in [0.15, 0.2) is 45.2 Å². The Morgan fingerprint density at radius 2 is 2.14 bits per heavy atom. The number of imide groups is 2. The Morgan fingerprint density at radius 1 is 1.29 bits per heavy atom. The molecule has 3 rings (SSSR count). The van der Waals surface area contributed by atoms with Crippen molar-refractivity contribution in [3.8, 4) is 0 Å². The molecule has 0 unspecified atom stereocenters. The van der Waals surface area contributed by atoms with Gasteiger partial charge in [-0.15, -0.1) is 0 Å². The van der Waals surface area contributed by atoms with Crippen molar-refractivity contribution in [1.29, 1.82) is 0 Å². The molecular weight excluding hydrogens is 292 g/mol. The first-order valence-corrected chi connectivity index (χ1v) is 7.03. The summed E-state index contributed by atoms with van der Waals surface area (Å²) in [4.78, 5) is 36.9. The number of urea groups is 1. The smallest absolute Gasteiger partial charge is 0.331 e. The molecular formula is C14H10N2O4S. The number of barbiturate groups is 1. The third kappa shape index (κ3) is 2.63. The number of furan rings is 1. The molecule has 0 atom stereocenters. The second-order valence-electron chi connectivity index (χ2n) is 4.34. The number of hydrogen-bond donors (Lipinski definition) is 1. The predicted molar refractivity (Wildman–Crippen MR) is 75.1 cm³/mol. The van der Waals surface area contributed by atoms with Gasteiger partial charge in [0.05, 0.1) is 12.8 Å². The highest BCUT2D eigenvalue weighted by atomic mass is 32.1. The van der Waals surface area contributed by atoms with Crippen molar-refractivity contribution in [1.82, 2.24) is 10.2 Å². The second kappa shape index (κ2) is 5.37. The van der Waals surface area contributed by atoms with Gasteiger partial charge in [0.25, 0.3) is 11.8 Å². The van der Waals surface area contributed by atoms with Crippen LogP contribution in [0.4, 0.5) is 4.79 Å². The van der Waals surface area contributed by atoms with Crippen LogP contribution in [-0.2, 0) is 16.1 Å². The van der Waals surface area contributed by atoms with Gasteiger partial charge in [0.1, 0.15) is 11.3 Å². The number of carbonyl (C=O) groups is 3. The number of thiophene rings is 1. The zero-order chi connectivity index (χ0) is 14.8. The summed E-state index contributed by atoms with van der Waals surface area (Å²) >= 11 is 1.45. The van der Waals surface area contributed by atoms with Gasteiger partial charge >= 0.3 is 6.03 Å². The minimum atomic E-state index is -0.746. The third-order valence-electron chi connectivity index (χ3n) is 2.93. The maximum atomic E-state index is 12.3. The van der Waals surface area contributed by atoms with Crippen molar-refractivity contribution < 1.29 is 18.8 Å². The van der Waals surface area contributed by atoms with Crippen molar-refractivity contribution in [2.75, 3.05) is 0 Å². The van der Waals surface area contributed by atoms with Crippen LogP contribution >= 0.6 is 11.3 Å². The number of carbonyl (C=O) groups excluding carboxylic acids is 3. The molecule has 2 aromatic rings. The SMILES string of the molecule is O=C1NC(=O)N(Cc2ccco2)C(=O)/C1=C/c1ccsc1. The summed E-state index contributed by atoms with van der Waals surface area (Å²) in [5, 5.41) is 5.80. The van der Waals surface area contributed by atoms with Gasteiger partial charge in [-0.25, -0.2) is 4.79 Å². The molecule has 6 nitrogen and oxygen atoms in total.